The van der Waals surface area contributed by atoms with Gasteiger partial charge in [-0.25, -0.2) is 15.0 Å². The molecule has 3 aromatic rings. The first-order chi connectivity index (χ1) is 11.6. The fraction of sp³-hybridized carbons (Fsp3) is 0.250. The largest absolute Gasteiger partial charge is 0.495 e. The van der Waals surface area contributed by atoms with Crippen LogP contribution < -0.4 is 10.5 Å². The molecule has 0 atom stereocenters. The number of fused-ring (bicyclic) bond motifs is 1. The second-order valence-electron chi connectivity index (χ2n) is 5.00. The van der Waals surface area contributed by atoms with Crippen LogP contribution in [0.3, 0.4) is 0 Å². The summed E-state index contributed by atoms with van der Waals surface area (Å²) in [5, 5.41) is 1.51. The number of aryl methyl sites for hydroxylation is 1. The molecule has 2 N–H and O–H groups in total. The van der Waals surface area contributed by atoms with Crippen LogP contribution in [0.25, 0.3) is 11.0 Å². The van der Waals surface area contributed by atoms with Gasteiger partial charge in [-0.05, 0) is 25.1 Å². The predicted molar refractivity (Wildman–Crippen MR) is 95.9 cm³/mol. The van der Waals surface area contributed by atoms with Crippen molar-refractivity contribution in [3.63, 3.8) is 0 Å². The average molecular weight is 360 g/mol. The maximum Gasteiger partial charge on any atom is 0.183 e. The number of thioether (sulfide) groups is 1. The Kier molecular flexibility index (Phi) is 5.08. The van der Waals surface area contributed by atoms with Gasteiger partial charge in [0.05, 0.1) is 29.3 Å². The van der Waals surface area contributed by atoms with Gasteiger partial charge in [0.25, 0.3) is 0 Å². The molecule has 124 valence electrons. The molecule has 0 aromatic carbocycles. The molecule has 0 fully saturated rings. The van der Waals surface area contributed by atoms with Crippen LogP contribution in [0.4, 0.5) is 0 Å². The quantitative estimate of drug-likeness (QED) is 0.410. The molecule has 3 rings (SSSR count). The van der Waals surface area contributed by atoms with Crippen molar-refractivity contribution < 1.29 is 9.53 Å². The summed E-state index contributed by atoms with van der Waals surface area (Å²) < 4.78 is 5.21. The van der Waals surface area contributed by atoms with Crippen molar-refractivity contribution in [3.05, 3.63) is 40.0 Å². The van der Waals surface area contributed by atoms with E-state index in [4.69, 9.17) is 10.5 Å². The fourth-order valence-electron chi connectivity index (χ4n) is 2.13. The predicted octanol–water partition coefficient (Wildman–Crippen LogP) is 2.84. The minimum atomic E-state index is 0.0602. The molecular weight excluding hydrogens is 344 g/mol. The number of thiophene rings is 1. The van der Waals surface area contributed by atoms with Gasteiger partial charge in [0, 0.05) is 11.4 Å². The van der Waals surface area contributed by atoms with E-state index in [0.717, 1.165) is 15.3 Å². The van der Waals surface area contributed by atoms with E-state index in [-0.39, 0.29) is 5.78 Å². The summed E-state index contributed by atoms with van der Waals surface area (Å²) in [6.07, 6.45) is 1.62. The average Bonchev–Trinajstić information content (AvgIpc) is 3.08. The lowest BCUT2D eigenvalue weighted by molar-refractivity contribution is 0.102. The summed E-state index contributed by atoms with van der Waals surface area (Å²) in [4.78, 5) is 27.1. The van der Waals surface area contributed by atoms with E-state index in [1.165, 1.54) is 23.1 Å². The number of Topliss-reactive ketones (excluding diaryl/α,β-unsaturated/α-hetero) is 1. The van der Waals surface area contributed by atoms with Gasteiger partial charge in [-0.1, -0.05) is 11.8 Å². The molecule has 0 unspecified atom stereocenters. The highest BCUT2D eigenvalue weighted by Gasteiger charge is 2.14. The molecule has 3 aromatic heterocycles. The van der Waals surface area contributed by atoms with Gasteiger partial charge in [0.15, 0.2) is 11.4 Å². The van der Waals surface area contributed by atoms with Gasteiger partial charge in [0.2, 0.25) is 0 Å². The van der Waals surface area contributed by atoms with Gasteiger partial charge in [-0.3, -0.25) is 4.79 Å². The Morgan fingerprint density at radius 1 is 1.38 bits per heavy atom. The van der Waals surface area contributed by atoms with Crippen LogP contribution in [0.5, 0.6) is 5.75 Å². The number of aromatic nitrogens is 3. The Labute approximate surface area is 147 Å². The maximum absolute atomic E-state index is 12.4. The second-order valence-corrected chi connectivity index (χ2v) is 7.14. The Bertz CT molecular complexity index is 895. The standard InChI is InChI=1S/C16H16N4O2S2/c1-9-19-15-12(5-10(22-2)7-18-15)16(20-9)23-8-13(21)14-4-3-11(6-17)24-14/h3-5,7H,6,8,17H2,1-2H3. The minimum Gasteiger partial charge on any atom is -0.495 e. The molecule has 0 amide bonds. The number of ether oxygens (including phenoxy) is 1. The first-order valence-corrected chi connectivity index (χ1v) is 9.04. The van der Waals surface area contributed by atoms with Gasteiger partial charge in [-0.15, -0.1) is 11.3 Å². The first kappa shape index (κ1) is 16.8. The van der Waals surface area contributed by atoms with Crippen molar-refractivity contribution in [2.45, 2.75) is 18.5 Å². The molecular formula is C16H16N4O2S2. The van der Waals surface area contributed by atoms with Crippen molar-refractivity contribution in [2.24, 2.45) is 5.73 Å². The third-order valence-electron chi connectivity index (χ3n) is 3.32. The van der Waals surface area contributed by atoms with Crippen molar-refractivity contribution in [2.75, 3.05) is 12.9 Å². The smallest absolute Gasteiger partial charge is 0.183 e. The molecule has 0 spiro atoms. The summed E-state index contributed by atoms with van der Waals surface area (Å²) in [6, 6.07) is 5.55. The molecule has 6 nitrogen and oxygen atoms in total. The Balaban J connectivity index is 1.84. The highest BCUT2D eigenvalue weighted by molar-refractivity contribution is 8.00. The molecule has 0 aliphatic heterocycles. The molecule has 0 radical (unpaired) electrons. The number of carbonyl (C=O) groups is 1. The zero-order valence-electron chi connectivity index (χ0n) is 13.3. The SMILES string of the molecule is COc1cnc2nc(C)nc(SCC(=O)c3ccc(CN)s3)c2c1. The molecule has 24 heavy (non-hydrogen) atoms. The zero-order valence-corrected chi connectivity index (χ0v) is 14.9. The van der Waals surface area contributed by atoms with Crippen LogP contribution in [0.2, 0.25) is 0 Å². The summed E-state index contributed by atoms with van der Waals surface area (Å²) in [6.45, 7) is 2.26. The van der Waals surface area contributed by atoms with Gasteiger partial charge in [-0.2, -0.15) is 0 Å². The molecule has 0 saturated carbocycles. The lowest BCUT2D eigenvalue weighted by Crippen LogP contribution is -2.02. The number of rotatable bonds is 6. The lowest BCUT2D eigenvalue weighted by atomic mass is 10.3. The van der Waals surface area contributed by atoms with Crippen molar-refractivity contribution in [1.29, 1.82) is 0 Å². The van der Waals surface area contributed by atoms with Crippen LogP contribution in [-0.2, 0) is 6.54 Å². The van der Waals surface area contributed by atoms with E-state index in [9.17, 15) is 4.79 Å². The molecule has 0 bridgehead atoms. The van der Waals surface area contributed by atoms with E-state index in [0.29, 0.717) is 34.4 Å². The number of hydrogen-bond acceptors (Lipinski definition) is 8. The summed E-state index contributed by atoms with van der Waals surface area (Å²) >= 11 is 2.82. The Morgan fingerprint density at radius 2 is 2.21 bits per heavy atom. The van der Waals surface area contributed by atoms with E-state index in [1.807, 2.05) is 25.1 Å². The number of carbonyl (C=O) groups excluding carboxylic acids is 1. The summed E-state index contributed by atoms with van der Waals surface area (Å²) in [7, 11) is 1.58. The van der Waals surface area contributed by atoms with Crippen molar-refractivity contribution >= 4 is 39.9 Å². The zero-order chi connectivity index (χ0) is 17.1. The van der Waals surface area contributed by atoms with Crippen LogP contribution in [-0.4, -0.2) is 33.6 Å². The molecule has 8 heteroatoms. The number of ketones is 1. The normalized spacial score (nSPS) is 11.0. The van der Waals surface area contributed by atoms with Crippen LogP contribution in [0, 0.1) is 6.92 Å². The Hall–Kier alpha value is -2.03. The number of nitrogens with two attached hydrogens (primary N) is 1. The molecule has 0 aliphatic carbocycles. The van der Waals surface area contributed by atoms with Crippen LogP contribution in [0.15, 0.2) is 29.4 Å². The van der Waals surface area contributed by atoms with E-state index in [2.05, 4.69) is 15.0 Å². The number of methoxy groups -OCH3 is 1. The van der Waals surface area contributed by atoms with Gasteiger partial charge in [0.1, 0.15) is 16.6 Å². The topological polar surface area (TPSA) is 91.0 Å². The number of nitrogens with zero attached hydrogens (tertiary/aromatic N) is 3. The van der Waals surface area contributed by atoms with E-state index >= 15 is 0 Å². The number of pyridine rings is 1. The fourth-order valence-corrected chi connectivity index (χ4v) is 3.98. The third-order valence-corrected chi connectivity index (χ3v) is 5.46. The van der Waals surface area contributed by atoms with Crippen molar-refractivity contribution in [1.82, 2.24) is 15.0 Å². The monoisotopic (exact) mass is 360 g/mol. The van der Waals surface area contributed by atoms with Crippen LogP contribution in [0.1, 0.15) is 20.4 Å². The number of hydrogen-bond donors (Lipinski definition) is 1. The maximum atomic E-state index is 12.4. The molecule has 0 saturated heterocycles. The lowest BCUT2D eigenvalue weighted by Gasteiger charge is -2.07. The van der Waals surface area contributed by atoms with Crippen LogP contribution >= 0.6 is 23.1 Å². The summed E-state index contributed by atoms with van der Waals surface area (Å²) in [5.41, 5.74) is 6.19. The van der Waals surface area contributed by atoms with Crippen molar-refractivity contribution in [3.8, 4) is 5.75 Å². The van der Waals surface area contributed by atoms with Gasteiger partial charge >= 0.3 is 0 Å². The van der Waals surface area contributed by atoms with E-state index in [1.54, 1.807) is 13.3 Å². The minimum absolute atomic E-state index is 0.0602. The first-order valence-electron chi connectivity index (χ1n) is 7.24. The Morgan fingerprint density at radius 3 is 2.92 bits per heavy atom. The summed E-state index contributed by atoms with van der Waals surface area (Å²) in [5.74, 6) is 1.61. The molecule has 0 aliphatic rings. The second kappa shape index (κ2) is 7.25. The van der Waals surface area contributed by atoms with E-state index < -0.39 is 0 Å². The highest BCUT2D eigenvalue weighted by Crippen LogP contribution is 2.28. The van der Waals surface area contributed by atoms with Gasteiger partial charge < -0.3 is 10.5 Å². The highest BCUT2D eigenvalue weighted by atomic mass is 32.2. The molecule has 3 heterocycles. The third kappa shape index (κ3) is 3.55.